The summed E-state index contributed by atoms with van der Waals surface area (Å²) in [5, 5.41) is 11.8. The van der Waals surface area contributed by atoms with Crippen molar-refractivity contribution in [2.24, 2.45) is 5.41 Å². The van der Waals surface area contributed by atoms with E-state index in [0.29, 0.717) is 18.0 Å². The van der Waals surface area contributed by atoms with Crippen LogP contribution < -0.4 is 5.32 Å². The molecule has 14 heavy (non-hydrogen) atoms. The molecule has 0 bridgehead atoms. The van der Waals surface area contributed by atoms with Gasteiger partial charge in [0.2, 0.25) is 0 Å². The van der Waals surface area contributed by atoms with E-state index in [1.54, 1.807) is 0 Å². The minimum absolute atomic E-state index is 0.224. The number of hydrogen-bond donors (Lipinski definition) is 2. The lowest BCUT2D eigenvalue weighted by atomic mass is 9.88. The molecule has 1 unspecified atom stereocenters. The number of nitrogens with one attached hydrogen (secondary N) is 1. The molecular weight excluding hydrogens is 198 g/mol. The lowest BCUT2D eigenvalue weighted by Crippen LogP contribution is -2.41. The number of aliphatic carboxylic acids is 1. The van der Waals surface area contributed by atoms with Crippen molar-refractivity contribution in [1.29, 1.82) is 0 Å². The molecular formula is C10H19NO2S. The van der Waals surface area contributed by atoms with Gasteiger partial charge in [0, 0.05) is 18.3 Å². The third-order valence-corrected chi connectivity index (χ3v) is 4.01. The first-order valence-electron chi connectivity index (χ1n) is 5.02. The van der Waals surface area contributed by atoms with Crippen molar-refractivity contribution in [3.05, 3.63) is 0 Å². The zero-order valence-electron chi connectivity index (χ0n) is 8.88. The molecule has 3 nitrogen and oxygen atoms in total. The van der Waals surface area contributed by atoms with Gasteiger partial charge in [-0.2, -0.15) is 11.8 Å². The first-order valence-corrected chi connectivity index (χ1v) is 6.18. The Hall–Kier alpha value is -0.220. The molecule has 1 saturated heterocycles. The first kappa shape index (κ1) is 11.9. The Morgan fingerprint density at radius 1 is 1.64 bits per heavy atom. The molecule has 0 aliphatic carbocycles. The molecule has 1 atom stereocenters. The summed E-state index contributed by atoms with van der Waals surface area (Å²) in [5.74, 6) is 1.60. The number of carboxylic acids is 1. The molecule has 1 fully saturated rings. The van der Waals surface area contributed by atoms with Gasteiger partial charge in [-0.1, -0.05) is 13.8 Å². The Labute approximate surface area is 89.6 Å². The molecule has 0 aromatic rings. The lowest BCUT2D eigenvalue weighted by molar-refractivity contribution is -0.136. The van der Waals surface area contributed by atoms with Crippen molar-refractivity contribution in [2.45, 2.75) is 32.7 Å². The minimum atomic E-state index is -0.722. The fourth-order valence-corrected chi connectivity index (χ4v) is 3.09. The molecule has 4 heteroatoms. The van der Waals surface area contributed by atoms with Crippen LogP contribution >= 0.6 is 11.8 Å². The van der Waals surface area contributed by atoms with Crippen molar-refractivity contribution in [3.8, 4) is 0 Å². The predicted octanol–water partition coefficient (Wildman–Crippen LogP) is 1.58. The van der Waals surface area contributed by atoms with Crippen molar-refractivity contribution in [1.82, 2.24) is 5.32 Å². The SMILES string of the molecule is CC1(C)CSCC(NCCC(=O)O)C1. The molecule has 1 aliphatic rings. The van der Waals surface area contributed by atoms with Crippen LogP contribution in [0.25, 0.3) is 0 Å². The standard InChI is InChI=1S/C10H19NO2S/c1-10(2)5-8(6-14-7-10)11-4-3-9(12)13/h8,11H,3-7H2,1-2H3,(H,12,13). The molecule has 1 aliphatic heterocycles. The van der Waals surface area contributed by atoms with E-state index in [-0.39, 0.29) is 6.42 Å². The van der Waals surface area contributed by atoms with Crippen LogP contribution in [0.3, 0.4) is 0 Å². The van der Waals surface area contributed by atoms with E-state index in [1.165, 1.54) is 5.75 Å². The van der Waals surface area contributed by atoms with Crippen molar-refractivity contribution < 1.29 is 9.90 Å². The maximum Gasteiger partial charge on any atom is 0.304 e. The largest absolute Gasteiger partial charge is 0.481 e. The van der Waals surface area contributed by atoms with E-state index < -0.39 is 5.97 Å². The van der Waals surface area contributed by atoms with Gasteiger partial charge in [-0.25, -0.2) is 0 Å². The third kappa shape index (κ3) is 4.33. The van der Waals surface area contributed by atoms with Crippen LogP contribution in [-0.2, 0) is 4.79 Å². The fraction of sp³-hybridized carbons (Fsp3) is 0.900. The second kappa shape index (κ2) is 5.03. The summed E-state index contributed by atoms with van der Waals surface area (Å²) in [7, 11) is 0. The minimum Gasteiger partial charge on any atom is -0.481 e. The zero-order chi connectivity index (χ0) is 10.6. The summed E-state index contributed by atoms with van der Waals surface area (Å²) >= 11 is 1.96. The van der Waals surface area contributed by atoms with Crippen LogP contribution in [0.1, 0.15) is 26.7 Å². The summed E-state index contributed by atoms with van der Waals surface area (Å²) in [5.41, 5.74) is 0.393. The molecule has 0 radical (unpaired) electrons. The topological polar surface area (TPSA) is 49.3 Å². The van der Waals surface area contributed by atoms with E-state index in [2.05, 4.69) is 19.2 Å². The Kier molecular flexibility index (Phi) is 4.26. The Morgan fingerprint density at radius 2 is 2.36 bits per heavy atom. The summed E-state index contributed by atoms with van der Waals surface area (Å²) in [6.45, 7) is 5.13. The molecule has 0 aromatic heterocycles. The number of thioether (sulfide) groups is 1. The van der Waals surface area contributed by atoms with E-state index in [0.717, 1.165) is 12.2 Å². The van der Waals surface area contributed by atoms with Crippen molar-refractivity contribution in [3.63, 3.8) is 0 Å². The average molecular weight is 217 g/mol. The number of hydrogen-bond acceptors (Lipinski definition) is 3. The van der Waals surface area contributed by atoms with Crippen molar-refractivity contribution in [2.75, 3.05) is 18.1 Å². The summed E-state index contributed by atoms with van der Waals surface area (Å²) < 4.78 is 0. The summed E-state index contributed by atoms with van der Waals surface area (Å²) in [4.78, 5) is 10.3. The highest BCUT2D eigenvalue weighted by Crippen LogP contribution is 2.33. The first-order chi connectivity index (χ1) is 6.49. The van der Waals surface area contributed by atoms with Gasteiger partial charge in [0.25, 0.3) is 0 Å². The number of rotatable bonds is 4. The van der Waals surface area contributed by atoms with Gasteiger partial charge in [-0.05, 0) is 17.6 Å². The number of carbonyl (C=O) groups is 1. The van der Waals surface area contributed by atoms with Gasteiger partial charge in [0.1, 0.15) is 0 Å². The van der Waals surface area contributed by atoms with Gasteiger partial charge in [-0.15, -0.1) is 0 Å². The lowest BCUT2D eigenvalue weighted by Gasteiger charge is -2.35. The van der Waals surface area contributed by atoms with Gasteiger partial charge in [-0.3, -0.25) is 4.79 Å². The van der Waals surface area contributed by atoms with Crippen molar-refractivity contribution >= 4 is 17.7 Å². The molecule has 0 spiro atoms. The molecule has 0 aromatic carbocycles. The van der Waals surface area contributed by atoms with E-state index >= 15 is 0 Å². The fourth-order valence-electron chi connectivity index (χ4n) is 1.78. The van der Waals surface area contributed by atoms with E-state index in [1.807, 2.05) is 11.8 Å². The van der Waals surface area contributed by atoms with Crippen LogP contribution in [0.4, 0.5) is 0 Å². The third-order valence-electron chi connectivity index (χ3n) is 2.38. The molecule has 1 rings (SSSR count). The Balaban J connectivity index is 2.21. The molecule has 0 saturated carbocycles. The van der Waals surface area contributed by atoms with Crippen LogP contribution in [0.5, 0.6) is 0 Å². The quantitative estimate of drug-likeness (QED) is 0.750. The van der Waals surface area contributed by atoms with Crippen LogP contribution in [-0.4, -0.2) is 35.2 Å². The van der Waals surface area contributed by atoms with Crippen LogP contribution in [0.15, 0.2) is 0 Å². The number of carboxylic acid groups (broad SMARTS) is 1. The highest BCUT2D eigenvalue weighted by molar-refractivity contribution is 7.99. The molecule has 1 heterocycles. The van der Waals surface area contributed by atoms with Gasteiger partial charge < -0.3 is 10.4 Å². The van der Waals surface area contributed by atoms with Crippen LogP contribution in [0.2, 0.25) is 0 Å². The molecule has 82 valence electrons. The maximum atomic E-state index is 10.3. The summed E-state index contributed by atoms with van der Waals surface area (Å²) in [6.07, 6.45) is 1.38. The molecule has 0 amide bonds. The smallest absolute Gasteiger partial charge is 0.304 e. The van der Waals surface area contributed by atoms with Gasteiger partial charge >= 0.3 is 5.97 Å². The van der Waals surface area contributed by atoms with E-state index in [9.17, 15) is 4.79 Å². The highest BCUT2D eigenvalue weighted by Gasteiger charge is 2.27. The normalized spacial score (nSPS) is 26.0. The second-order valence-corrected chi connectivity index (χ2v) is 5.71. The van der Waals surface area contributed by atoms with Gasteiger partial charge in [0.05, 0.1) is 6.42 Å². The molecule has 2 N–H and O–H groups in total. The Bertz CT molecular complexity index is 206. The summed E-state index contributed by atoms with van der Waals surface area (Å²) in [6, 6.07) is 0.489. The van der Waals surface area contributed by atoms with Crippen LogP contribution in [0, 0.1) is 5.41 Å². The van der Waals surface area contributed by atoms with E-state index in [4.69, 9.17) is 5.11 Å². The maximum absolute atomic E-state index is 10.3. The average Bonchev–Trinajstić information content (AvgIpc) is 2.01. The zero-order valence-corrected chi connectivity index (χ0v) is 9.69. The Morgan fingerprint density at radius 3 is 2.93 bits per heavy atom. The predicted molar refractivity (Wildman–Crippen MR) is 59.8 cm³/mol. The van der Waals surface area contributed by atoms with Gasteiger partial charge in [0.15, 0.2) is 0 Å². The highest BCUT2D eigenvalue weighted by atomic mass is 32.2. The monoisotopic (exact) mass is 217 g/mol. The second-order valence-electron chi connectivity index (χ2n) is 4.68.